The largest absolute Gasteiger partial charge is 0.391 e. The Morgan fingerprint density at radius 2 is 2.19 bits per heavy atom. The van der Waals surface area contributed by atoms with Gasteiger partial charge in [-0.2, -0.15) is 0 Å². The van der Waals surface area contributed by atoms with Gasteiger partial charge < -0.3 is 10.0 Å². The molecule has 1 aliphatic heterocycles. The summed E-state index contributed by atoms with van der Waals surface area (Å²) in [5.74, 6) is -0.183. The third kappa shape index (κ3) is 3.04. The van der Waals surface area contributed by atoms with Gasteiger partial charge in [0, 0.05) is 23.7 Å². The van der Waals surface area contributed by atoms with Crippen LogP contribution in [0.3, 0.4) is 0 Å². The van der Waals surface area contributed by atoms with Crippen LogP contribution in [0.4, 0.5) is 0 Å². The topological polar surface area (TPSA) is 66.3 Å². The van der Waals surface area contributed by atoms with Crippen LogP contribution in [0, 0.1) is 0 Å². The zero-order valence-corrected chi connectivity index (χ0v) is 12.0. The van der Waals surface area contributed by atoms with Crippen molar-refractivity contribution in [3.05, 3.63) is 47.4 Å². The molecular formula is C15H14ClN3O2. The molecule has 1 saturated heterocycles. The number of aliphatic hydroxyl groups is 1. The van der Waals surface area contributed by atoms with Crippen LogP contribution in [0.2, 0.25) is 5.02 Å². The molecule has 2 aromatic rings. The van der Waals surface area contributed by atoms with Crippen LogP contribution in [0.1, 0.15) is 16.9 Å². The molecule has 0 bridgehead atoms. The Morgan fingerprint density at radius 1 is 1.33 bits per heavy atom. The molecule has 21 heavy (non-hydrogen) atoms. The third-order valence-corrected chi connectivity index (χ3v) is 3.69. The van der Waals surface area contributed by atoms with Gasteiger partial charge >= 0.3 is 0 Å². The number of carbonyl (C=O) groups excluding carboxylic acids is 1. The highest BCUT2D eigenvalue weighted by Gasteiger charge is 2.26. The number of amides is 1. The highest BCUT2D eigenvalue weighted by Crippen LogP contribution is 2.21. The molecule has 0 aliphatic carbocycles. The predicted octanol–water partition coefficient (Wildman–Crippen LogP) is 2.00. The number of hydrogen-bond acceptors (Lipinski definition) is 4. The first-order chi connectivity index (χ1) is 10.1. The van der Waals surface area contributed by atoms with Gasteiger partial charge in [-0.05, 0) is 24.6 Å². The molecule has 0 radical (unpaired) electrons. The number of rotatable bonds is 2. The normalized spacial score (nSPS) is 18.0. The van der Waals surface area contributed by atoms with Crippen molar-refractivity contribution in [2.24, 2.45) is 0 Å². The SMILES string of the molecule is O=C(c1cc(-c2cccc(Cl)c2)ncn1)N1CC[C@@H](O)C1. The highest BCUT2D eigenvalue weighted by atomic mass is 35.5. The van der Waals surface area contributed by atoms with E-state index in [4.69, 9.17) is 11.6 Å². The number of halogens is 1. The Labute approximate surface area is 127 Å². The maximum atomic E-state index is 12.3. The van der Waals surface area contributed by atoms with E-state index in [1.807, 2.05) is 12.1 Å². The van der Waals surface area contributed by atoms with Crippen LogP contribution >= 0.6 is 11.6 Å². The van der Waals surface area contributed by atoms with Gasteiger partial charge in [0.2, 0.25) is 0 Å². The second-order valence-electron chi connectivity index (χ2n) is 4.99. The number of aliphatic hydroxyl groups excluding tert-OH is 1. The zero-order chi connectivity index (χ0) is 14.8. The van der Waals surface area contributed by atoms with Crippen molar-refractivity contribution in [2.45, 2.75) is 12.5 Å². The molecule has 1 fully saturated rings. The van der Waals surface area contributed by atoms with E-state index >= 15 is 0 Å². The van der Waals surface area contributed by atoms with Gasteiger partial charge in [-0.1, -0.05) is 23.7 Å². The Balaban J connectivity index is 1.88. The lowest BCUT2D eigenvalue weighted by atomic mass is 10.1. The first-order valence-electron chi connectivity index (χ1n) is 6.69. The number of β-amino-alcohol motifs (C(OH)–C–C–N with tert-alkyl or cyclic N) is 1. The second kappa shape index (κ2) is 5.79. The van der Waals surface area contributed by atoms with Gasteiger partial charge in [-0.25, -0.2) is 9.97 Å². The average molecular weight is 304 g/mol. The fourth-order valence-corrected chi connectivity index (χ4v) is 2.56. The van der Waals surface area contributed by atoms with Crippen LogP contribution in [0.25, 0.3) is 11.3 Å². The van der Waals surface area contributed by atoms with Gasteiger partial charge in [0.25, 0.3) is 5.91 Å². The molecule has 5 nitrogen and oxygen atoms in total. The monoisotopic (exact) mass is 303 g/mol. The smallest absolute Gasteiger partial charge is 0.272 e. The maximum absolute atomic E-state index is 12.3. The molecule has 108 valence electrons. The van der Waals surface area contributed by atoms with Crippen molar-refractivity contribution in [1.29, 1.82) is 0 Å². The summed E-state index contributed by atoms with van der Waals surface area (Å²) in [6.45, 7) is 0.909. The van der Waals surface area contributed by atoms with E-state index in [1.165, 1.54) is 6.33 Å². The number of hydrogen-bond donors (Lipinski definition) is 1. The summed E-state index contributed by atoms with van der Waals surface area (Å²) in [6, 6.07) is 8.93. The maximum Gasteiger partial charge on any atom is 0.272 e. The molecule has 1 aromatic carbocycles. The van der Waals surface area contributed by atoms with E-state index in [2.05, 4.69) is 9.97 Å². The molecule has 3 rings (SSSR count). The molecular weight excluding hydrogens is 290 g/mol. The number of aromatic nitrogens is 2. The van der Waals surface area contributed by atoms with Crippen molar-refractivity contribution < 1.29 is 9.90 Å². The molecule has 0 unspecified atom stereocenters. The predicted molar refractivity (Wildman–Crippen MR) is 79.0 cm³/mol. The minimum absolute atomic E-state index is 0.183. The lowest BCUT2D eigenvalue weighted by Gasteiger charge is -2.15. The summed E-state index contributed by atoms with van der Waals surface area (Å²) in [5.41, 5.74) is 1.81. The van der Waals surface area contributed by atoms with Crippen LogP contribution in [-0.2, 0) is 0 Å². The van der Waals surface area contributed by atoms with E-state index in [9.17, 15) is 9.90 Å². The van der Waals surface area contributed by atoms with Crippen molar-refractivity contribution in [3.8, 4) is 11.3 Å². The number of carbonyl (C=O) groups is 1. The third-order valence-electron chi connectivity index (χ3n) is 3.46. The summed E-state index contributed by atoms with van der Waals surface area (Å²) in [4.78, 5) is 22.2. The molecule has 1 atom stereocenters. The van der Waals surface area contributed by atoms with Crippen molar-refractivity contribution in [2.75, 3.05) is 13.1 Å². The van der Waals surface area contributed by atoms with Gasteiger partial charge in [-0.15, -0.1) is 0 Å². The molecule has 1 aromatic heterocycles. The summed E-state index contributed by atoms with van der Waals surface area (Å²) in [6.07, 6.45) is 1.54. The molecule has 1 amide bonds. The highest BCUT2D eigenvalue weighted by molar-refractivity contribution is 6.30. The molecule has 1 N–H and O–H groups in total. The average Bonchev–Trinajstić information content (AvgIpc) is 2.93. The van der Waals surface area contributed by atoms with Crippen molar-refractivity contribution in [3.63, 3.8) is 0 Å². The first-order valence-corrected chi connectivity index (χ1v) is 7.06. The fraction of sp³-hybridized carbons (Fsp3) is 0.267. The molecule has 1 aliphatic rings. The summed E-state index contributed by atoms with van der Waals surface area (Å²) < 4.78 is 0. The van der Waals surface area contributed by atoms with Gasteiger partial charge in [0.05, 0.1) is 11.8 Å². The van der Waals surface area contributed by atoms with Crippen molar-refractivity contribution in [1.82, 2.24) is 14.9 Å². The zero-order valence-electron chi connectivity index (χ0n) is 11.2. The summed E-state index contributed by atoms with van der Waals surface area (Å²) in [7, 11) is 0. The Bertz CT molecular complexity index is 677. The minimum Gasteiger partial charge on any atom is -0.391 e. The Hall–Kier alpha value is -1.98. The van der Waals surface area contributed by atoms with E-state index in [-0.39, 0.29) is 5.91 Å². The first kappa shape index (κ1) is 14.0. The molecule has 2 heterocycles. The Kier molecular flexibility index (Phi) is 3.86. The quantitative estimate of drug-likeness (QED) is 0.921. The van der Waals surface area contributed by atoms with E-state index < -0.39 is 6.10 Å². The number of likely N-dealkylation sites (tertiary alicyclic amines) is 1. The second-order valence-corrected chi connectivity index (χ2v) is 5.43. The standard InChI is InChI=1S/C15H14ClN3O2/c16-11-3-1-2-10(6-11)13-7-14(18-9-17-13)15(21)19-5-4-12(20)8-19/h1-3,6-7,9,12,20H,4-5,8H2/t12-/m1/s1. The lowest BCUT2D eigenvalue weighted by Crippen LogP contribution is -2.30. The van der Waals surface area contributed by atoms with E-state index in [1.54, 1.807) is 23.1 Å². The minimum atomic E-state index is -0.441. The molecule has 0 saturated carbocycles. The molecule has 6 heteroatoms. The lowest BCUT2D eigenvalue weighted by molar-refractivity contribution is 0.0759. The number of nitrogens with zero attached hydrogens (tertiary/aromatic N) is 3. The van der Waals surface area contributed by atoms with Crippen LogP contribution < -0.4 is 0 Å². The van der Waals surface area contributed by atoms with E-state index in [0.29, 0.717) is 35.9 Å². The summed E-state index contributed by atoms with van der Waals surface area (Å²) >= 11 is 5.97. The van der Waals surface area contributed by atoms with Crippen LogP contribution in [-0.4, -0.2) is 45.1 Å². The molecule has 0 spiro atoms. The Morgan fingerprint density at radius 3 is 2.90 bits per heavy atom. The van der Waals surface area contributed by atoms with E-state index in [0.717, 1.165) is 5.56 Å². The van der Waals surface area contributed by atoms with Gasteiger partial charge in [0.15, 0.2) is 0 Å². The van der Waals surface area contributed by atoms with Crippen molar-refractivity contribution >= 4 is 17.5 Å². The van der Waals surface area contributed by atoms with Gasteiger partial charge in [-0.3, -0.25) is 4.79 Å². The fourth-order valence-electron chi connectivity index (χ4n) is 2.37. The number of benzene rings is 1. The van der Waals surface area contributed by atoms with Crippen LogP contribution in [0.5, 0.6) is 0 Å². The van der Waals surface area contributed by atoms with Crippen LogP contribution in [0.15, 0.2) is 36.7 Å². The summed E-state index contributed by atoms with van der Waals surface area (Å²) in [5, 5.41) is 10.1. The van der Waals surface area contributed by atoms with Gasteiger partial charge in [0.1, 0.15) is 12.0 Å².